The second-order valence-electron chi connectivity index (χ2n) is 1.16. The first-order chi connectivity index (χ1) is 3.80. The van der Waals surface area contributed by atoms with Crippen molar-refractivity contribution in [2.75, 3.05) is 0 Å². The molecule has 0 saturated heterocycles. The summed E-state index contributed by atoms with van der Waals surface area (Å²) in [5.74, 6) is -0.437. The van der Waals surface area contributed by atoms with E-state index in [4.69, 9.17) is 0 Å². The summed E-state index contributed by atoms with van der Waals surface area (Å²) in [6.07, 6.45) is 2.37. The molecule has 0 fully saturated rings. The van der Waals surface area contributed by atoms with Gasteiger partial charge >= 0.3 is 0 Å². The largest absolute Gasteiger partial charge is 0.242 e. The van der Waals surface area contributed by atoms with Crippen LogP contribution in [-0.4, -0.2) is 9.97 Å². The van der Waals surface area contributed by atoms with E-state index in [-0.39, 0.29) is 4.60 Å². The van der Waals surface area contributed by atoms with Crippen molar-refractivity contribution in [1.82, 2.24) is 9.97 Å². The van der Waals surface area contributed by atoms with Crippen LogP contribution in [0.3, 0.4) is 0 Å². The molecule has 1 heterocycles. The number of hydrogen-bond acceptors (Lipinski definition) is 2. The van der Waals surface area contributed by atoms with E-state index < -0.39 is 5.82 Å². The van der Waals surface area contributed by atoms with Gasteiger partial charge in [-0.05, 0) is 15.9 Å². The van der Waals surface area contributed by atoms with Gasteiger partial charge in [0.2, 0.25) is 0 Å². The van der Waals surface area contributed by atoms with Crippen LogP contribution in [0.4, 0.5) is 4.39 Å². The van der Waals surface area contributed by atoms with Crippen molar-refractivity contribution >= 4 is 15.9 Å². The zero-order valence-electron chi connectivity index (χ0n) is 3.81. The van der Waals surface area contributed by atoms with Crippen molar-refractivity contribution in [3.8, 4) is 0 Å². The van der Waals surface area contributed by atoms with Gasteiger partial charge in [-0.15, -0.1) is 0 Å². The van der Waals surface area contributed by atoms with E-state index in [9.17, 15) is 4.39 Å². The zero-order chi connectivity index (χ0) is 5.98. The Balaban J connectivity index is 3.13. The number of aromatic nitrogens is 2. The van der Waals surface area contributed by atoms with Crippen LogP contribution in [-0.2, 0) is 0 Å². The summed E-state index contributed by atoms with van der Waals surface area (Å²) in [4.78, 5) is 6.94. The Morgan fingerprint density at radius 2 is 2.38 bits per heavy atom. The second-order valence-corrected chi connectivity index (χ2v) is 1.91. The van der Waals surface area contributed by atoms with E-state index in [2.05, 4.69) is 25.9 Å². The van der Waals surface area contributed by atoms with Crippen molar-refractivity contribution in [1.29, 1.82) is 0 Å². The summed E-state index contributed by atoms with van der Waals surface area (Å²) in [7, 11) is 0. The molecule has 0 radical (unpaired) electrons. The van der Waals surface area contributed by atoms with E-state index in [1.807, 2.05) is 0 Å². The lowest BCUT2D eigenvalue weighted by Crippen LogP contribution is -1.82. The lowest BCUT2D eigenvalue weighted by molar-refractivity contribution is 0.604. The van der Waals surface area contributed by atoms with Gasteiger partial charge in [0.1, 0.15) is 10.9 Å². The molecular formula is C4H2BrFN2. The van der Waals surface area contributed by atoms with E-state index in [1.165, 1.54) is 6.33 Å². The summed E-state index contributed by atoms with van der Waals surface area (Å²) in [5, 5.41) is 0. The monoisotopic (exact) mass is 176 g/mol. The van der Waals surface area contributed by atoms with Gasteiger partial charge in [0.05, 0.1) is 6.20 Å². The minimum absolute atomic E-state index is 0.201. The highest BCUT2D eigenvalue weighted by Crippen LogP contribution is 2.06. The minimum Gasteiger partial charge on any atom is -0.242 e. The van der Waals surface area contributed by atoms with Crippen LogP contribution in [0.2, 0.25) is 0 Å². The molecule has 1 rings (SSSR count). The van der Waals surface area contributed by atoms with Gasteiger partial charge in [-0.2, -0.15) is 0 Å². The number of rotatable bonds is 0. The van der Waals surface area contributed by atoms with Crippen LogP contribution < -0.4 is 0 Å². The summed E-state index contributed by atoms with van der Waals surface area (Å²) >= 11 is 2.87. The lowest BCUT2D eigenvalue weighted by Gasteiger charge is -1.85. The van der Waals surface area contributed by atoms with Crippen molar-refractivity contribution in [2.45, 2.75) is 0 Å². The van der Waals surface area contributed by atoms with E-state index >= 15 is 0 Å². The van der Waals surface area contributed by atoms with Crippen LogP contribution in [0, 0.1) is 5.82 Å². The Bertz CT molecular complexity index is 170. The Morgan fingerprint density at radius 1 is 1.62 bits per heavy atom. The first-order valence-corrected chi connectivity index (χ1v) is 2.71. The van der Waals surface area contributed by atoms with Gasteiger partial charge in [-0.3, -0.25) is 0 Å². The predicted octanol–water partition coefficient (Wildman–Crippen LogP) is 1.38. The van der Waals surface area contributed by atoms with E-state index in [0.29, 0.717) is 0 Å². The third kappa shape index (κ3) is 1.01. The topological polar surface area (TPSA) is 25.8 Å². The molecule has 0 aliphatic carbocycles. The van der Waals surface area contributed by atoms with Gasteiger partial charge in [0, 0.05) is 0 Å². The van der Waals surface area contributed by atoms with Crippen LogP contribution in [0.25, 0.3) is 0 Å². The van der Waals surface area contributed by atoms with Crippen molar-refractivity contribution in [3.05, 3.63) is 22.9 Å². The standard InChI is InChI=1S/C4H2BrFN2/c5-4-3(6)1-7-2-8-4/h1-2H. The maximum atomic E-state index is 12.1. The molecule has 0 aliphatic rings. The number of hydrogen-bond donors (Lipinski definition) is 0. The van der Waals surface area contributed by atoms with Crippen LogP contribution >= 0.6 is 15.9 Å². The average molecular weight is 177 g/mol. The van der Waals surface area contributed by atoms with Gasteiger partial charge in [-0.25, -0.2) is 14.4 Å². The van der Waals surface area contributed by atoms with E-state index in [1.54, 1.807) is 0 Å². The molecule has 0 spiro atoms. The highest BCUT2D eigenvalue weighted by Gasteiger charge is 1.94. The van der Waals surface area contributed by atoms with Crippen molar-refractivity contribution < 1.29 is 4.39 Å². The molecule has 0 bridgehead atoms. The van der Waals surface area contributed by atoms with E-state index in [0.717, 1.165) is 6.20 Å². The van der Waals surface area contributed by atoms with Crippen LogP contribution in [0.1, 0.15) is 0 Å². The smallest absolute Gasteiger partial charge is 0.174 e. The zero-order valence-corrected chi connectivity index (χ0v) is 5.39. The molecule has 42 valence electrons. The molecule has 1 aromatic rings. The molecule has 0 saturated carbocycles. The third-order valence-corrected chi connectivity index (χ3v) is 1.21. The SMILES string of the molecule is Fc1cncnc1Br. The molecule has 1 aromatic heterocycles. The lowest BCUT2D eigenvalue weighted by atomic mass is 10.7. The maximum Gasteiger partial charge on any atom is 0.174 e. The van der Waals surface area contributed by atoms with Gasteiger partial charge in [0.15, 0.2) is 5.82 Å². The number of halogens is 2. The number of nitrogens with zero attached hydrogens (tertiary/aromatic N) is 2. The Hall–Kier alpha value is -0.510. The molecule has 0 unspecified atom stereocenters. The minimum atomic E-state index is -0.437. The maximum absolute atomic E-state index is 12.1. The first-order valence-electron chi connectivity index (χ1n) is 1.91. The highest BCUT2D eigenvalue weighted by molar-refractivity contribution is 9.10. The summed E-state index contributed by atoms with van der Waals surface area (Å²) in [6.45, 7) is 0. The fraction of sp³-hybridized carbons (Fsp3) is 0. The quantitative estimate of drug-likeness (QED) is 0.559. The molecule has 8 heavy (non-hydrogen) atoms. The predicted molar refractivity (Wildman–Crippen MR) is 29.7 cm³/mol. The molecule has 0 N–H and O–H groups in total. The van der Waals surface area contributed by atoms with Crippen LogP contribution in [0.15, 0.2) is 17.1 Å². The van der Waals surface area contributed by atoms with Crippen molar-refractivity contribution in [2.24, 2.45) is 0 Å². The molecule has 0 aromatic carbocycles. The summed E-state index contributed by atoms with van der Waals surface area (Å²) in [6, 6.07) is 0. The fourth-order valence-electron chi connectivity index (χ4n) is 0.298. The second kappa shape index (κ2) is 2.17. The molecule has 2 nitrogen and oxygen atoms in total. The van der Waals surface area contributed by atoms with Gasteiger partial charge in [-0.1, -0.05) is 0 Å². The Kier molecular flexibility index (Phi) is 1.53. The van der Waals surface area contributed by atoms with Crippen LogP contribution in [0.5, 0.6) is 0 Å². The van der Waals surface area contributed by atoms with Crippen molar-refractivity contribution in [3.63, 3.8) is 0 Å². The molecule has 0 aliphatic heterocycles. The molecular weight excluding hydrogens is 175 g/mol. The van der Waals surface area contributed by atoms with Gasteiger partial charge < -0.3 is 0 Å². The van der Waals surface area contributed by atoms with Gasteiger partial charge in [0.25, 0.3) is 0 Å². The Morgan fingerprint density at radius 3 is 2.75 bits per heavy atom. The molecule has 4 heteroatoms. The molecule has 0 atom stereocenters. The highest BCUT2D eigenvalue weighted by atomic mass is 79.9. The summed E-state index contributed by atoms with van der Waals surface area (Å²) in [5.41, 5.74) is 0. The normalized spacial score (nSPS) is 9.25. The third-order valence-electron chi connectivity index (χ3n) is 0.623. The first kappa shape index (κ1) is 5.62. The fourth-order valence-corrected chi connectivity index (χ4v) is 0.492. The Labute approximate surface area is 53.9 Å². The molecule has 0 amide bonds. The summed E-state index contributed by atoms with van der Waals surface area (Å²) < 4.78 is 12.3. The average Bonchev–Trinajstić information content (AvgIpc) is 1.77.